The van der Waals surface area contributed by atoms with Crippen molar-refractivity contribution in [3.63, 3.8) is 0 Å². The van der Waals surface area contributed by atoms with Crippen molar-refractivity contribution in [3.05, 3.63) is 82.4 Å². The fourth-order valence-electron chi connectivity index (χ4n) is 3.20. The molecular weight excluding hydrogens is 326 g/mol. The number of nitrogens with one attached hydrogen (secondary N) is 1. The molecule has 4 rings (SSSR count). The van der Waals surface area contributed by atoms with Crippen LogP contribution in [0, 0.1) is 13.8 Å². The third-order valence-corrected chi connectivity index (χ3v) is 4.76. The van der Waals surface area contributed by atoms with Gasteiger partial charge in [0.15, 0.2) is 11.5 Å². The topological polar surface area (TPSA) is 58.6 Å². The van der Waals surface area contributed by atoms with E-state index in [4.69, 9.17) is 4.74 Å². The van der Waals surface area contributed by atoms with Crippen LogP contribution >= 0.6 is 0 Å². The van der Waals surface area contributed by atoms with Crippen LogP contribution in [0.1, 0.15) is 32.6 Å². The number of ether oxygens (including phenoxy) is 1. The molecule has 0 saturated heterocycles. The molecule has 3 aromatic carbocycles. The Bertz CT molecular complexity index is 1020. The lowest BCUT2D eigenvalue weighted by Crippen LogP contribution is -2.09. The highest BCUT2D eigenvalue weighted by Crippen LogP contribution is 2.44. The molecule has 0 radical (unpaired) electrons. The summed E-state index contributed by atoms with van der Waals surface area (Å²) < 4.78 is 5.88. The fraction of sp³-hybridized carbons (Fsp3) is 0.136. The minimum Gasteiger partial charge on any atom is -0.478 e. The smallest absolute Gasteiger partial charge is 0.337 e. The van der Waals surface area contributed by atoms with Crippen LogP contribution in [-0.2, 0) is 6.42 Å². The second-order valence-corrected chi connectivity index (χ2v) is 6.64. The number of aromatic carboxylic acids is 1. The van der Waals surface area contributed by atoms with Crippen molar-refractivity contribution in [3.8, 4) is 11.5 Å². The molecule has 2 N–H and O–H groups in total. The second kappa shape index (κ2) is 6.23. The molecule has 0 atom stereocenters. The molecule has 0 unspecified atom stereocenters. The number of fused-ring (bicyclic) bond motifs is 2. The predicted molar refractivity (Wildman–Crippen MR) is 102 cm³/mol. The van der Waals surface area contributed by atoms with Crippen molar-refractivity contribution in [1.82, 2.24) is 0 Å². The first kappa shape index (κ1) is 16.2. The molecule has 130 valence electrons. The standard InChI is InChI=1S/C22H19NO3/c1-13-6-7-15(10-14(13)2)11-16-8-9-19-18(12-16)23-21-17(22(24)25)4-3-5-20(21)26-19/h3-10,12,23H,11H2,1-2H3,(H,24,25). The minimum atomic E-state index is -0.979. The van der Waals surface area contributed by atoms with E-state index in [1.807, 2.05) is 18.2 Å². The van der Waals surface area contributed by atoms with Gasteiger partial charge >= 0.3 is 5.97 Å². The van der Waals surface area contributed by atoms with Gasteiger partial charge in [-0.25, -0.2) is 4.79 Å². The van der Waals surface area contributed by atoms with Gasteiger partial charge in [0.2, 0.25) is 0 Å². The first-order valence-corrected chi connectivity index (χ1v) is 8.51. The van der Waals surface area contributed by atoms with E-state index in [0.29, 0.717) is 17.2 Å². The lowest BCUT2D eigenvalue weighted by atomic mass is 9.99. The number of benzene rings is 3. The van der Waals surface area contributed by atoms with E-state index in [2.05, 4.69) is 37.4 Å². The highest BCUT2D eigenvalue weighted by molar-refractivity contribution is 5.98. The molecule has 26 heavy (non-hydrogen) atoms. The maximum Gasteiger partial charge on any atom is 0.337 e. The van der Waals surface area contributed by atoms with E-state index in [-0.39, 0.29) is 5.56 Å². The van der Waals surface area contributed by atoms with Crippen LogP contribution < -0.4 is 10.1 Å². The minimum absolute atomic E-state index is 0.202. The number of rotatable bonds is 3. The largest absolute Gasteiger partial charge is 0.478 e. The highest BCUT2D eigenvalue weighted by atomic mass is 16.5. The molecule has 4 nitrogen and oxygen atoms in total. The van der Waals surface area contributed by atoms with E-state index in [0.717, 1.165) is 17.7 Å². The van der Waals surface area contributed by atoms with Gasteiger partial charge in [-0.1, -0.05) is 30.3 Å². The Labute approximate surface area is 152 Å². The summed E-state index contributed by atoms with van der Waals surface area (Å²) in [6.07, 6.45) is 0.809. The molecule has 0 amide bonds. The van der Waals surface area contributed by atoms with E-state index in [9.17, 15) is 9.90 Å². The normalized spacial score (nSPS) is 11.8. The second-order valence-electron chi connectivity index (χ2n) is 6.64. The zero-order chi connectivity index (χ0) is 18.3. The predicted octanol–water partition coefficient (Wildman–Crippen LogP) is 5.44. The van der Waals surface area contributed by atoms with Crippen LogP contribution in [-0.4, -0.2) is 11.1 Å². The summed E-state index contributed by atoms with van der Waals surface area (Å²) in [5, 5.41) is 12.6. The van der Waals surface area contributed by atoms with Gasteiger partial charge < -0.3 is 15.2 Å². The van der Waals surface area contributed by atoms with Crippen molar-refractivity contribution in [2.24, 2.45) is 0 Å². The van der Waals surface area contributed by atoms with E-state index in [1.165, 1.54) is 16.7 Å². The van der Waals surface area contributed by atoms with Gasteiger partial charge in [0.05, 0.1) is 16.9 Å². The Kier molecular flexibility index (Phi) is 3.88. The number of carboxylic acid groups (broad SMARTS) is 1. The molecule has 3 aromatic rings. The van der Waals surface area contributed by atoms with Crippen LogP contribution in [0.4, 0.5) is 11.4 Å². The zero-order valence-corrected chi connectivity index (χ0v) is 14.7. The third-order valence-electron chi connectivity index (χ3n) is 4.76. The Morgan fingerprint density at radius 1 is 0.962 bits per heavy atom. The zero-order valence-electron chi connectivity index (χ0n) is 14.7. The molecule has 1 aliphatic rings. The molecule has 4 heteroatoms. The van der Waals surface area contributed by atoms with Crippen molar-refractivity contribution in [2.75, 3.05) is 5.32 Å². The van der Waals surface area contributed by atoms with Crippen LogP contribution in [0.5, 0.6) is 11.5 Å². The van der Waals surface area contributed by atoms with Crippen LogP contribution in [0.15, 0.2) is 54.6 Å². The monoisotopic (exact) mass is 345 g/mol. The molecule has 0 bridgehead atoms. The van der Waals surface area contributed by atoms with Crippen molar-refractivity contribution >= 4 is 17.3 Å². The van der Waals surface area contributed by atoms with E-state index < -0.39 is 5.97 Å². The summed E-state index contributed by atoms with van der Waals surface area (Å²) >= 11 is 0. The van der Waals surface area contributed by atoms with Gasteiger partial charge in [0, 0.05) is 0 Å². The Hall–Kier alpha value is -3.27. The average molecular weight is 345 g/mol. The van der Waals surface area contributed by atoms with E-state index >= 15 is 0 Å². The Morgan fingerprint density at radius 3 is 2.50 bits per heavy atom. The molecule has 0 aromatic heterocycles. The lowest BCUT2D eigenvalue weighted by Gasteiger charge is -2.23. The van der Waals surface area contributed by atoms with Gasteiger partial charge in [-0.15, -0.1) is 0 Å². The van der Waals surface area contributed by atoms with Crippen LogP contribution in [0.2, 0.25) is 0 Å². The number of hydrogen-bond donors (Lipinski definition) is 2. The maximum atomic E-state index is 11.5. The van der Waals surface area contributed by atoms with Gasteiger partial charge in [0.1, 0.15) is 0 Å². The molecule has 0 saturated carbocycles. The summed E-state index contributed by atoms with van der Waals surface area (Å²) in [7, 11) is 0. The number of aryl methyl sites for hydroxylation is 2. The summed E-state index contributed by atoms with van der Waals surface area (Å²) in [6.45, 7) is 4.22. The number of carboxylic acids is 1. The molecule has 0 aliphatic carbocycles. The van der Waals surface area contributed by atoms with Crippen LogP contribution in [0.3, 0.4) is 0 Å². The Balaban J connectivity index is 1.65. The summed E-state index contributed by atoms with van der Waals surface area (Å²) in [4.78, 5) is 11.5. The van der Waals surface area contributed by atoms with Crippen LogP contribution in [0.25, 0.3) is 0 Å². The third kappa shape index (κ3) is 2.90. The molecule has 1 aliphatic heterocycles. The van der Waals surface area contributed by atoms with Crippen molar-refractivity contribution in [1.29, 1.82) is 0 Å². The number of hydrogen-bond acceptors (Lipinski definition) is 3. The summed E-state index contributed by atoms with van der Waals surface area (Å²) in [5.41, 5.74) is 6.43. The molecule has 1 heterocycles. The van der Waals surface area contributed by atoms with Crippen molar-refractivity contribution < 1.29 is 14.6 Å². The van der Waals surface area contributed by atoms with Gasteiger partial charge in [-0.05, 0) is 66.8 Å². The lowest BCUT2D eigenvalue weighted by molar-refractivity contribution is 0.0697. The van der Waals surface area contributed by atoms with Gasteiger partial charge in [-0.3, -0.25) is 0 Å². The first-order valence-electron chi connectivity index (χ1n) is 8.51. The summed E-state index contributed by atoms with van der Waals surface area (Å²) in [6, 6.07) is 17.5. The Morgan fingerprint density at radius 2 is 1.73 bits per heavy atom. The first-order chi connectivity index (χ1) is 12.5. The average Bonchev–Trinajstić information content (AvgIpc) is 2.62. The van der Waals surface area contributed by atoms with Gasteiger partial charge in [0.25, 0.3) is 0 Å². The quantitative estimate of drug-likeness (QED) is 0.519. The number of para-hydroxylation sites is 1. The highest BCUT2D eigenvalue weighted by Gasteiger charge is 2.22. The number of carbonyl (C=O) groups is 1. The van der Waals surface area contributed by atoms with Gasteiger partial charge in [-0.2, -0.15) is 0 Å². The van der Waals surface area contributed by atoms with E-state index in [1.54, 1.807) is 18.2 Å². The molecular formula is C22H19NO3. The fourth-order valence-corrected chi connectivity index (χ4v) is 3.20. The van der Waals surface area contributed by atoms with Crippen molar-refractivity contribution in [2.45, 2.75) is 20.3 Å². The maximum absolute atomic E-state index is 11.5. The molecule has 0 fully saturated rings. The number of anilines is 2. The summed E-state index contributed by atoms with van der Waals surface area (Å²) in [5.74, 6) is 0.246. The SMILES string of the molecule is Cc1ccc(Cc2ccc3c(c2)Nc2c(cccc2C(=O)O)O3)cc1C. The molecule has 0 spiro atoms.